The van der Waals surface area contributed by atoms with Crippen molar-refractivity contribution in [1.82, 2.24) is 9.97 Å². The van der Waals surface area contributed by atoms with Crippen molar-refractivity contribution in [3.8, 4) is 0 Å². The van der Waals surface area contributed by atoms with E-state index < -0.39 is 0 Å². The van der Waals surface area contributed by atoms with Crippen LogP contribution >= 0.6 is 11.6 Å². The molecular weight excluding hydrogens is 262 g/mol. The van der Waals surface area contributed by atoms with E-state index in [0.717, 1.165) is 24.3 Å². The number of halogens is 1. The van der Waals surface area contributed by atoms with Crippen LogP contribution in [0.3, 0.4) is 0 Å². The number of anilines is 1. The van der Waals surface area contributed by atoms with Crippen LogP contribution in [0, 0.1) is 11.8 Å². The predicted molar refractivity (Wildman–Crippen MR) is 77.5 cm³/mol. The standard InChI is InChI=1S/C14H22ClN3O/c1-9(2)12-13(15)17-8-18-14(12)16-6-10-4-3-5-11(10)7-19/h8-11,19H,3-7H2,1-2H3,(H,16,17,18). The van der Waals surface area contributed by atoms with Gasteiger partial charge in [0.05, 0.1) is 0 Å². The normalized spacial score (nSPS) is 23.0. The van der Waals surface area contributed by atoms with Gasteiger partial charge in [0.15, 0.2) is 0 Å². The number of hydrogen-bond donors (Lipinski definition) is 2. The summed E-state index contributed by atoms with van der Waals surface area (Å²) in [4.78, 5) is 8.35. The number of hydrogen-bond acceptors (Lipinski definition) is 4. The van der Waals surface area contributed by atoms with Crippen molar-refractivity contribution in [2.24, 2.45) is 11.8 Å². The molecule has 1 aromatic heterocycles. The molecule has 0 radical (unpaired) electrons. The van der Waals surface area contributed by atoms with Crippen molar-refractivity contribution in [2.45, 2.75) is 39.0 Å². The third-order valence-corrected chi connectivity index (χ3v) is 4.30. The van der Waals surface area contributed by atoms with Crippen LogP contribution in [-0.2, 0) is 0 Å². The highest BCUT2D eigenvalue weighted by Gasteiger charge is 2.26. The summed E-state index contributed by atoms with van der Waals surface area (Å²) in [6.45, 7) is 5.30. The fourth-order valence-electron chi connectivity index (χ4n) is 2.88. The average molecular weight is 284 g/mol. The zero-order valence-electron chi connectivity index (χ0n) is 11.6. The maximum absolute atomic E-state index is 9.35. The van der Waals surface area contributed by atoms with Gasteiger partial charge in [-0.1, -0.05) is 31.9 Å². The van der Waals surface area contributed by atoms with Gasteiger partial charge in [0, 0.05) is 18.7 Å². The summed E-state index contributed by atoms with van der Waals surface area (Å²) < 4.78 is 0. The summed E-state index contributed by atoms with van der Waals surface area (Å²) in [5.74, 6) is 2.07. The second-order valence-corrected chi connectivity index (χ2v) is 5.95. The number of aliphatic hydroxyl groups is 1. The zero-order chi connectivity index (χ0) is 13.8. The molecule has 1 saturated carbocycles. The van der Waals surface area contributed by atoms with Crippen LogP contribution in [0.5, 0.6) is 0 Å². The Morgan fingerprint density at radius 2 is 2.11 bits per heavy atom. The van der Waals surface area contributed by atoms with Gasteiger partial charge in [0.25, 0.3) is 0 Å². The van der Waals surface area contributed by atoms with Crippen LogP contribution < -0.4 is 5.32 Å². The lowest BCUT2D eigenvalue weighted by Gasteiger charge is -2.20. The van der Waals surface area contributed by atoms with E-state index in [2.05, 4.69) is 29.1 Å². The quantitative estimate of drug-likeness (QED) is 0.816. The summed E-state index contributed by atoms with van der Waals surface area (Å²) in [6, 6.07) is 0. The van der Waals surface area contributed by atoms with Gasteiger partial charge in [0.2, 0.25) is 0 Å². The van der Waals surface area contributed by atoms with Crippen molar-refractivity contribution in [2.75, 3.05) is 18.5 Å². The van der Waals surface area contributed by atoms with Gasteiger partial charge in [-0.3, -0.25) is 0 Å². The Morgan fingerprint density at radius 3 is 2.79 bits per heavy atom. The molecule has 2 atom stereocenters. The molecule has 1 heterocycles. The number of aliphatic hydroxyl groups excluding tert-OH is 1. The lowest BCUT2D eigenvalue weighted by atomic mass is 9.97. The lowest BCUT2D eigenvalue weighted by Crippen LogP contribution is -2.22. The van der Waals surface area contributed by atoms with Crippen molar-refractivity contribution >= 4 is 17.4 Å². The third-order valence-electron chi connectivity index (χ3n) is 4.00. The Balaban J connectivity index is 2.05. The molecule has 0 spiro atoms. The van der Waals surface area contributed by atoms with Gasteiger partial charge in [-0.05, 0) is 30.6 Å². The van der Waals surface area contributed by atoms with Gasteiger partial charge in [0.1, 0.15) is 17.3 Å². The molecule has 0 aliphatic heterocycles. The Bertz CT molecular complexity index is 425. The summed E-state index contributed by atoms with van der Waals surface area (Å²) in [5, 5.41) is 13.3. The number of nitrogens with one attached hydrogen (secondary N) is 1. The first kappa shape index (κ1) is 14.5. The smallest absolute Gasteiger partial charge is 0.138 e. The summed E-state index contributed by atoms with van der Waals surface area (Å²) in [6.07, 6.45) is 5.01. The van der Waals surface area contributed by atoms with Gasteiger partial charge < -0.3 is 10.4 Å². The molecule has 0 amide bonds. The first-order valence-corrected chi connectivity index (χ1v) is 7.36. The molecule has 0 bridgehead atoms. The molecule has 1 aromatic rings. The molecule has 0 saturated heterocycles. The number of rotatable bonds is 5. The monoisotopic (exact) mass is 283 g/mol. The van der Waals surface area contributed by atoms with Crippen molar-refractivity contribution in [3.05, 3.63) is 17.0 Å². The minimum absolute atomic E-state index is 0.286. The molecule has 2 unspecified atom stereocenters. The number of nitrogens with zero attached hydrogens (tertiary/aromatic N) is 2. The molecule has 0 aromatic carbocycles. The van der Waals surface area contributed by atoms with Crippen LogP contribution in [0.25, 0.3) is 0 Å². The molecular formula is C14H22ClN3O. The lowest BCUT2D eigenvalue weighted by molar-refractivity contribution is 0.199. The van der Waals surface area contributed by atoms with E-state index in [0.29, 0.717) is 17.0 Å². The average Bonchev–Trinajstić information content (AvgIpc) is 2.83. The predicted octanol–water partition coefficient (Wildman–Crippen LogP) is 3.07. The first-order valence-electron chi connectivity index (χ1n) is 6.98. The second-order valence-electron chi connectivity index (χ2n) is 5.60. The Morgan fingerprint density at radius 1 is 1.37 bits per heavy atom. The van der Waals surface area contributed by atoms with Crippen molar-refractivity contribution < 1.29 is 5.11 Å². The number of aromatic nitrogens is 2. The second kappa shape index (κ2) is 6.53. The Labute approximate surface area is 119 Å². The van der Waals surface area contributed by atoms with Gasteiger partial charge >= 0.3 is 0 Å². The molecule has 2 N–H and O–H groups in total. The van der Waals surface area contributed by atoms with E-state index >= 15 is 0 Å². The highest BCUT2D eigenvalue weighted by atomic mass is 35.5. The van der Waals surface area contributed by atoms with Crippen molar-refractivity contribution in [3.63, 3.8) is 0 Å². The van der Waals surface area contributed by atoms with E-state index in [1.807, 2.05) is 0 Å². The minimum atomic E-state index is 0.286. The molecule has 5 heteroatoms. The molecule has 1 aliphatic rings. The summed E-state index contributed by atoms with van der Waals surface area (Å²) in [5.41, 5.74) is 0.975. The highest BCUT2D eigenvalue weighted by Crippen LogP contribution is 2.33. The third kappa shape index (κ3) is 3.37. The summed E-state index contributed by atoms with van der Waals surface area (Å²) in [7, 11) is 0. The maximum atomic E-state index is 9.35. The largest absolute Gasteiger partial charge is 0.396 e. The van der Waals surface area contributed by atoms with Crippen LogP contribution in [0.1, 0.15) is 44.6 Å². The van der Waals surface area contributed by atoms with E-state index in [4.69, 9.17) is 11.6 Å². The molecule has 1 fully saturated rings. The van der Waals surface area contributed by atoms with Crippen LogP contribution in [-0.4, -0.2) is 28.2 Å². The maximum Gasteiger partial charge on any atom is 0.138 e. The zero-order valence-corrected chi connectivity index (χ0v) is 12.3. The molecule has 2 rings (SSSR count). The van der Waals surface area contributed by atoms with E-state index in [1.165, 1.54) is 19.2 Å². The SMILES string of the molecule is CC(C)c1c(Cl)ncnc1NCC1CCCC1CO. The van der Waals surface area contributed by atoms with E-state index in [9.17, 15) is 5.11 Å². The fourth-order valence-corrected chi connectivity index (χ4v) is 3.23. The fraction of sp³-hybridized carbons (Fsp3) is 0.714. The first-order chi connectivity index (χ1) is 9.13. The Hall–Kier alpha value is -0.870. The molecule has 106 valence electrons. The topological polar surface area (TPSA) is 58.0 Å². The minimum Gasteiger partial charge on any atom is -0.396 e. The molecule has 19 heavy (non-hydrogen) atoms. The van der Waals surface area contributed by atoms with Crippen LogP contribution in [0.15, 0.2) is 6.33 Å². The van der Waals surface area contributed by atoms with Crippen LogP contribution in [0.2, 0.25) is 5.15 Å². The molecule has 1 aliphatic carbocycles. The van der Waals surface area contributed by atoms with Crippen molar-refractivity contribution in [1.29, 1.82) is 0 Å². The van der Waals surface area contributed by atoms with E-state index in [1.54, 1.807) is 0 Å². The van der Waals surface area contributed by atoms with Crippen LogP contribution in [0.4, 0.5) is 5.82 Å². The molecule has 4 nitrogen and oxygen atoms in total. The van der Waals surface area contributed by atoms with E-state index in [-0.39, 0.29) is 12.5 Å². The summed E-state index contributed by atoms with van der Waals surface area (Å²) >= 11 is 6.14. The van der Waals surface area contributed by atoms with Gasteiger partial charge in [-0.2, -0.15) is 0 Å². The van der Waals surface area contributed by atoms with Gasteiger partial charge in [-0.25, -0.2) is 9.97 Å². The van der Waals surface area contributed by atoms with Gasteiger partial charge in [-0.15, -0.1) is 0 Å². The highest BCUT2D eigenvalue weighted by molar-refractivity contribution is 6.30. The Kier molecular flexibility index (Phi) is 4.99.